The Morgan fingerprint density at radius 3 is 2.70 bits per heavy atom. The summed E-state index contributed by atoms with van der Waals surface area (Å²) in [5, 5.41) is 21.1. The number of benzene rings is 3. The van der Waals surface area contributed by atoms with E-state index in [9.17, 15) is 5.26 Å². The molecule has 0 aliphatic carbocycles. The quantitative estimate of drug-likeness (QED) is 0.277. The van der Waals surface area contributed by atoms with Crippen molar-refractivity contribution in [1.82, 2.24) is 14.9 Å². The van der Waals surface area contributed by atoms with E-state index in [2.05, 4.69) is 21.4 Å². The molecular weight excluding hydrogens is 458 g/mol. The van der Waals surface area contributed by atoms with Crippen LogP contribution in [0.5, 0.6) is 11.5 Å². The van der Waals surface area contributed by atoms with E-state index >= 15 is 0 Å². The van der Waals surface area contributed by atoms with Crippen molar-refractivity contribution in [2.45, 2.75) is 6.61 Å². The van der Waals surface area contributed by atoms with Crippen LogP contribution in [0.2, 0.25) is 5.02 Å². The second kappa shape index (κ2) is 10.1. The summed E-state index contributed by atoms with van der Waals surface area (Å²) in [6.45, 7) is 0.178. The van der Waals surface area contributed by atoms with Gasteiger partial charge in [0.15, 0.2) is 17.3 Å². The number of nitrogens with one attached hydrogen (secondary N) is 1. The van der Waals surface area contributed by atoms with E-state index in [1.54, 1.807) is 30.5 Å². The fourth-order valence-electron chi connectivity index (χ4n) is 3.16. The number of halogens is 1. The Bertz CT molecular complexity index is 1410. The second-order valence-electron chi connectivity index (χ2n) is 6.87. The zero-order valence-corrected chi connectivity index (χ0v) is 19.1. The molecular formula is C24H18ClN5O2S. The van der Waals surface area contributed by atoms with Crippen LogP contribution in [-0.2, 0) is 6.61 Å². The van der Waals surface area contributed by atoms with E-state index in [1.807, 2.05) is 42.5 Å². The summed E-state index contributed by atoms with van der Waals surface area (Å²) in [5.74, 6) is 1.41. The van der Waals surface area contributed by atoms with Gasteiger partial charge >= 0.3 is 0 Å². The highest BCUT2D eigenvalue weighted by Crippen LogP contribution is 2.36. The van der Waals surface area contributed by atoms with Crippen LogP contribution in [0.3, 0.4) is 0 Å². The van der Waals surface area contributed by atoms with Crippen molar-refractivity contribution in [2.24, 2.45) is 5.10 Å². The fraction of sp³-hybridized carbons (Fsp3) is 0.0833. The van der Waals surface area contributed by atoms with Crippen LogP contribution in [0.4, 0.5) is 0 Å². The van der Waals surface area contributed by atoms with Gasteiger partial charge in [-0.3, -0.25) is 0 Å². The Hall–Kier alpha value is -3.93. The maximum atomic E-state index is 9.27. The Labute approximate surface area is 200 Å². The lowest BCUT2D eigenvalue weighted by Gasteiger charge is -2.14. The van der Waals surface area contributed by atoms with E-state index in [1.165, 1.54) is 11.8 Å². The molecule has 0 saturated carbocycles. The third-order valence-electron chi connectivity index (χ3n) is 4.77. The number of nitriles is 1. The second-order valence-corrected chi connectivity index (χ2v) is 7.66. The summed E-state index contributed by atoms with van der Waals surface area (Å²) < 4.78 is 13.3. The van der Waals surface area contributed by atoms with E-state index < -0.39 is 0 Å². The van der Waals surface area contributed by atoms with Gasteiger partial charge in [-0.25, -0.2) is 5.10 Å². The first-order chi connectivity index (χ1) is 16.1. The van der Waals surface area contributed by atoms with Gasteiger partial charge in [-0.1, -0.05) is 60.1 Å². The highest BCUT2D eigenvalue weighted by Gasteiger charge is 2.13. The van der Waals surface area contributed by atoms with Gasteiger partial charge in [0.1, 0.15) is 6.61 Å². The zero-order chi connectivity index (χ0) is 23.2. The molecule has 0 saturated heterocycles. The van der Waals surface area contributed by atoms with E-state index in [0.717, 1.165) is 11.1 Å². The molecule has 0 aliphatic rings. The van der Waals surface area contributed by atoms with Crippen LogP contribution in [-0.4, -0.2) is 28.2 Å². The van der Waals surface area contributed by atoms with Crippen LogP contribution in [0.25, 0.3) is 11.4 Å². The minimum atomic E-state index is 0.178. The standard InChI is InChI=1S/C24H18ClN5O2S/c1-31-21-12-16(11-20(25)22(21)32-15-19-10-6-5-9-18(19)13-26)14-27-30-23(28-29-24(30)33)17-7-3-2-4-8-17/h2-12,14H,15H2,1H3,(H,29,33)/b27-14+. The topological polar surface area (TPSA) is 88.2 Å². The smallest absolute Gasteiger partial charge is 0.216 e. The molecule has 0 aliphatic heterocycles. The first-order valence-corrected chi connectivity index (χ1v) is 10.6. The molecule has 0 unspecified atom stereocenters. The van der Waals surface area contributed by atoms with Crippen LogP contribution in [0, 0.1) is 16.1 Å². The first kappa shape index (κ1) is 22.3. The van der Waals surface area contributed by atoms with Gasteiger partial charge in [0.05, 0.1) is 30.0 Å². The number of rotatable bonds is 7. The van der Waals surface area contributed by atoms with Gasteiger partial charge in [-0.05, 0) is 36.0 Å². The molecule has 3 aromatic carbocycles. The van der Waals surface area contributed by atoms with Crippen LogP contribution >= 0.6 is 23.8 Å². The predicted octanol–water partition coefficient (Wildman–Crippen LogP) is 5.60. The third kappa shape index (κ3) is 4.95. The lowest BCUT2D eigenvalue weighted by atomic mass is 10.1. The normalized spacial score (nSPS) is 10.8. The molecule has 0 radical (unpaired) electrons. The Kier molecular flexibility index (Phi) is 6.83. The molecule has 1 heterocycles. The van der Waals surface area contributed by atoms with Gasteiger partial charge in [-0.15, -0.1) is 0 Å². The molecule has 7 nitrogen and oxygen atoms in total. The summed E-state index contributed by atoms with van der Waals surface area (Å²) in [6, 6.07) is 22.5. The van der Waals surface area contributed by atoms with E-state index in [0.29, 0.717) is 38.2 Å². The van der Waals surface area contributed by atoms with Gasteiger partial charge in [-0.2, -0.15) is 20.1 Å². The Morgan fingerprint density at radius 1 is 1.18 bits per heavy atom. The molecule has 4 aromatic rings. The van der Waals surface area contributed by atoms with Crippen molar-refractivity contribution in [3.05, 3.63) is 93.2 Å². The summed E-state index contributed by atoms with van der Waals surface area (Å²) in [5.41, 5.74) is 2.86. The average Bonchev–Trinajstić information content (AvgIpc) is 3.22. The molecule has 0 spiro atoms. The molecule has 9 heteroatoms. The summed E-state index contributed by atoms with van der Waals surface area (Å²) in [6.07, 6.45) is 1.61. The Balaban J connectivity index is 1.61. The molecule has 1 aromatic heterocycles. The van der Waals surface area contributed by atoms with Crippen molar-refractivity contribution < 1.29 is 9.47 Å². The molecule has 33 heavy (non-hydrogen) atoms. The van der Waals surface area contributed by atoms with Gasteiger partial charge < -0.3 is 9.47 Å². The van der Waals surface area contributed by atoms with Crippen molar-refractivity contribution in [2.75, 3.05) is 7.11 Å². The van der Waals surface area contributed by atoms with Crippen LogP contribution in [0.1, 0.15) is 16.7 Å². The molecule has 164 valence electrons. The number of H-pyrrole nitrogens is 1. The first-order valence-electron chi connectivity index (χ1n) is 9.86. The fourth-order valence-corrected chi connectivity index (χ4v) is 3.61. The summed E-state index contributed by atoms with van der Waals surface area (Å²) >= 11 is 11.8. The monoisotopic (exact) mass is 475 g/mol. The van der Waals surface area contributed by atoms with Crippen molar-refractivity contribution in [3.63, 3.8) is 0 Å². The van der Waals surface area contributed by atoms with Crippen molar-refractivity contribution in [3.8, 4) is 29.0 Å². The Morgan fingerprint density at radius 2 is 1.94 bits per heavy atom. The number of nitrogens with zero attached hydrogens (tertiary/aromatic N) is 4. The number of hydrogen-bond acceptors (Lipinski definition) is 6. The largest absolute Gasteiger partial charge is 0.493 e. The van der Waals surface area contributed by atoms with Gasteiger partial charge in [0.25, 0.3) is 0 Å². The number of hydrogen-bond donors (Lipinski definition) is 1. The van der Waals surface area contributed by atoms with E-state index in [4.69, 9.17) is 33.3 Å². The summed E-state index contributed by atoms with van der Waals surface area (Å²) in [4.78, 5) is 0. The predicted molar refractivity (Wildman–Crippen MR) is 129 cm³/mol. The lowest BCUT2D eigenvalue weighted by Crippen LogP contribution is -2.01. The minimum Gasteiger partial charge on any atom is -0.493 e. The average molecular weight is 476 g/mol. The van der Waals surface area contributed by atoms with E-state index in [-0.39, 0.29) is 6.61 Å². The maximum Gasteiger partial charge on any atom is 0.216 e. The van der Waals surface area contributed by atoms with Crippen LogP contribution < -0.4 is 9.47 Å². The maximum absolute atomic E-state index is 9.27. The minimum absolute atomic E-state index is 0.178. The molecule has 0 fully saturated rings. The molecule has 1 N–H and O–H groups in total. The van der Waals surface area contributed by atoms with Gasteiger partial charge in [0, 0.05) is 11.1 Å². The lowest BCUT2D eigenvalue weighted by molar-refractivity contribution is 0.284. The molecule has 0 bridgehead atoms. The molecule has 0 atom stereocenters. The number of ether oxygens (including phenoxy) is 2. The molecule has 4 rings (SSSR count). The third-order valence-corrected chi connectivity index (χ3v) is 5.31. The van der Waals surface area contributed by atoms with Crippen molar-refractivity contribution >= 4 is 30.0 Å². The number of aromatic amines is 1. The SMILES string of the molecule is COc1cc(/C=N/n2c(-c3ccccc3)n[nH]c2=S)cc(Cl)c1OCc1ccccc1C#N. The van der Waals surface area contributed by atoms with Gasteiger partial charge in [0.2, 0.25) is 4.77 Å². The molecule has 0 amide bonds. The number of methoxy groups -OCH3 is 1. The highest BCUT2D eigenvalue weighted by atomic mass is 35.5. The van der Waals surface area contributed by atoms with Crippen LogP contribution in [0.15, 0.2) is 71.8 Å². The zero-order valence-electron chi connectivity index (χ0n) is 17.5. The highest BCUT2D eigenvalue weighted by molar-refractivity contribution is 7.71. The number of aromatic nitrogens is 3. The van der Waals surface area contributed by atoms with Crippen molar-refractivity contribution in [1.29, 1.82) is 5.26 Å². The summed E-state index contributed by atoms with van der Waals surface area (Å²) in [7, 11) is 1.53.